The molecule has 0 aromatic heterocycles. The number of fused-ring (bicyclic) bond motifs is 3. The zero-order valence-corrected chi connectivity index (χ0v) is 32.3. The van der Waals surface area contributed by atoms with Gasteiger partial charge in [-0.05, 0) is 12.0 Å². The number of hydrogen-bond donors (Lipinski definition) is 0. The number of halogens is 4. The third-order valence-corrected chi connectivity index (χ3v) is 10.3. The Bertz CT molecular complexity index is 1640. The van der Waals surface area contributed by atoms with Crippen molar-refractivity contribution in [3.8, 4) is 11.1 Å². The summed E-state index contributed by atoms with van der Waals surface area (Å²) < 4.78 is 4.66. The van der Waals surface area contributed by atoms with Crippen LogP contribution in [0, 0.1) is 23.5 Å². The first-order chi connectivity index (χ1) is 21.0. The van der Waals surface area contributed by atoms with Crippen LogP contribution in [0.1, 0.15) is 61.1 Å². The van der Waals surface area contributed by atoms with E-state index in [9.17, 15) is 0 Å². The molecule has 0 fully saturated rings. The number of benzene rings is 4. The van der Waals surface area contributed by atoms with Crippen molar-refractivity contribution in [2.75, 3.05) is 0 Å². The van der Waals surface area contributed by atoms with Gasteiger partial charge in [0, 0.05) is 0 Å². The average molecular weight is 766 g/mol. The molecule has 5 heteroatoms. The first-order valence-corrected chi connectivity index (χ1v) is 18.3. The maximum absolute atomic E-state index is 5.84. The van der Waals surface area contributed by atoms with E-state index >= 15 is 0 Å². The van der Waals surface area contributed by atoms with E-state index in [4.69, 9.17) is 23.2 Å². The second kappa shape index (κ2) is 18.8. The van der Waals surface area contributed by atoms with Crippen LogP contribution in [0.2, 0.25) is 10.0 Å². The molecule has 2 aliphatic rings. The van der Waals surface area contributed by atoms with Gasteiger partial charge in [-0.25, -0.2) is 6.08 Å². The average Bonchev–Trinajstić information content (AvgIpc) is 3.62. The Hall–Kier alpha value is -2.38. The van der Waals surface area contributed by atoms with Crippen LogP contribution in [0.15, 0.2) is 110 Å². The van der Waals surface area contributed by atoms with E-state index < -0.39 is 22.3 Å². The van der Waals surface area contributed by atoms with Crippen LogP contribution in [0.25, 0.3) is 23.3 Å². The minimum absolute atomic E-state index is 0. The van der Waals surface area contributed by atoms with Crippen LogP contribution in [-0.2, 0) is 28.7 Å². The van der Waals surface area contributed by atoms with Crippen LogP contribution >= 0.6 is 48.0 Å². The van der Waals surface area contributed by atoms with Gasteiger partial charge in [-0.15, -0.1) is 48.6 Å². The molecule has 4 aromatic rings. The first kappa shape index (κ1) is 39.8. The van der Waals surface area contributed by atoms with Crippen molar-refractivity contribution < 1.29 is 22.3 Å². The summed E-state index contributed by atoms with van der Waals surface area (Å²) in [5.74, 6) is 0.522. The molecule has 0 amide bonds. The Labute approximate surface area is 309 Å². The Morgan fingerprint density at radius 2 is 1.28 bits per heavy atom. The van der Waals surface area contributed by atoms with E-state index in [1.807, 2.05) is 42.5 Å². The van der Waals surface area contributed by atoms with Crippen molar-refractivity contribution in [1.82, 2.24) is 0 Å². The molecule has 0 nitrogen and oxygen atoms in total. The molecular weight excluding hydrogens is 725 g/mol. The van der Waals surface area contributed by atoms with Gasteiger partial charge in [0.05, 0.1) is 0 Å². The molecule has 0 saturated heterocycles. The van der Waals surface area contributed by atoms with E-state index in [-0.39, 0.29) is 24.8 Å². The van der Waals surface area contributed by atoms with Crippen LogP contribution in [0.4, 0.5) is 0 Å². The molecule has 1 atom stereocenters. The van der Waals surface area contributed by atoms with Gasteiger partial charge in [-0.1, -0.05) is 81.0 Å². The molecular formula is C41H40Cl4Zr-2. The Morgan fingerprint density at radius 3 is 1.74 bits per heavy atom. The predicted octanol–water partition coefficient (Wildman–Crippen LogP) is 12.2. The van der Waals surface area contributed by atoms with E-state index in [1.165, 1.54) is 44.5 Å². The number of rotatable bonds is 4. The number of hydrogen-bond acceptors (Lipinski definition) is 0. The molecule has 2 aliphatic carbocycles. The molecule has 46 heavy (non-hydrogen) atoms. The summed E-state index contributed by atoms with van der Waals surface area (Å²) in [6.07, 6.45) is 12.4. The third kappa shape index (κ3) is 11.7. The van der Waals surface area contributed by atoms with Crippen molar-refractivity contribution in [2.45, 2.75) is 34.1 Å². The SMILES string of the molecule is C=Cc1c[c-]c2c(c1)-c1cc(C=C)ccc1C2.CC1[C-]=CC(C(C)(C)C)=C1.Cl.Cl.Clc1ccc([CH]=[Zr]=[CH]c2ccc(Cl)cc2)cc1. The van der Waals surface area contributed by atoms with Crippen LogP contribution < -0.4 is 0 Å². The van der Waals surface area contributed by atoms with E-state index in [2.05, 4.69) is 121 Å². The Balaban J connectivity index is 0.000000243. The second-order valence-corrected chi connectivity index (χ2v) is 15.0. The zero-order valence-electron chi connectivity index (χ0n) is 26.7. The van der Waals surface area contributed by atoms with E-state index in [1.54, 1.807) is 0 Å². The monoisotopic (exact) mass is 762 g/mol. The molecule has 0 heterocycles. The molecule has 0 aliphatic heterocycles. The molecule has 0 N–H and O–H groups in total. The van der Waals surface area contributed by atoms with Gasteiger partial charge in [-0.3, -0.25) is 6.08 Å². The standard InChI is InChI=1S/C17H13.C10H15.2C7H5Cl.2ClH.Zr/c1-3-12-5-7-14-11-15-8-6-13(4-2)10-17(15)16(14)9-12;1-8-5-6-9(7-8)10(2,3)4;2*1-6-2-4-7(8)5-3-6;;;/h3-7,9-10H,1-2,11H2;6-8H,1-4H3;2*1-5H;2*1H;/q2*-1;;;;;. The van der Waals surface area contributed by atoms with Gasteiger partial charge >= 0.3 is 123 Å². The van der Waals surface area contributed by atoms with Gasteiger partial charge < -0.3 is 0 Å². The van der Waals surface area contributed by atoms with Gasteiger partial charge in [0.25, 0.3) is 0 Å². The minimum atomic E-state index is -0.623. The maximum atomic E-state index is 5.84. The van der Waals surface area contributed by atoms with Crippen molar-refractivity contribution in [3.63, 3.8) is 0 Å². The molecule has 0 spiro atoms. The van der Waals surface area contributed by atoms with Gasteiger partial charge in [0.15, 0.2) is 0 Å². The van der Waals surface area contributed by atoms with Gasteiger partial charge in [-0.2, -0.15) is 35.4 Å². The topological polar surface area (TPSA) is 0 Å². The van der Waals surface area contributed by atoms with Crippen molar-refractivity contribution in [3.05, 3.63) is 165 Å². The third-order valence-electron chi connectivity index (χ3n) is 7.35. The van der Waals surface area contributed by atoms with Crippen LogP contribution in [0.5, 0.6) is 0 Å². The molecule has 4 aromatic carbocycles. The summed E-state index contributed by atoms with van der Waals surface area (Å²) in [5.41, 5.74) is 11.8. The van der Waals surface area contributed by atoms with Gasteiger partial charge in [0.1, 0.15) is 0 Å². The van der Waals surface area contributed by atoms with E-state index in [0.717, 1.165) is 22.0 Å². The molecule has 0 bridgehead atoms. The Kier molecular flexibility index (Phi) is 16.3. The van der Waals surface area contributed by atoms with Crippen molar-refractivity contribution in [1.29, 1.82) is 0 Å². The molecule has 1 unspecified atom stereocenters. The normalized spacial score (nSPS) is 13.3. The van der Waals surface area contributed by atoms with Crippen molar-refractivity contribution in [2.24, 2.45) is 11.3 Å². The molecule has 0 radical (unpaired) electrons. The van der Waals surface area contributed by atoms with Crippen molar-refractivity contribution >= 4 is 67.6 Å². The quantitative estimate of drug-likeness (QED) is 0.160. The summed E-state index contributed by atoms with van der Waals surface area (Å²) in [6, 6.07) is 30.0. The fraction of sp³-hybridized carbons (Fsp3) is 0.171. The van der Waals surface area contributed by atoms with Gasteiger partial charge in [0.2, 0.25) is 0 Å². The first-order valence-electron chi connectivity index (χ1n) is 14.7. The summed E-state index contributed by atoms with van der Waals surface area (Å²) in [7, 11) is 0. The Morgan fingerprint density at radius 1 is 0.761 bits per heavy atom. The summed E-state index contributed by atoms with van der Waals surface area (Å²) >= 11 is 11.0. The molecule has 238 valence electrons. The zero-order chi connectivity index (χ0) is 31.7. The molecule has 6 rings (SSSR count). The predicted molar refractivity (Wildman–Crippen MR) is 206 cm³/mol. The fourth-order valence-corrected chi connectivity index (χ4v) is 7.12. The fourth-order valence-electron chi connectivity index (χ4n) is 4.77. The second-order valence-electron chi connectivity index (χ2n) is 11.9. The molecule has 0 saturated carbocycles. The summed E-state index contributed by atoms with van der Waals surface area (Å²) in [6.45, 7) is 16.5. The summed E-state index contributed by atoms with van der Waals surface area (Å²) in [5, 5.41) is 1.57. The van der Waals surface area contributed by atoms with Crippen LogP contribution in [-0.4, -0.2) is 7.42 Å². The number of allylic oxidation sites excluding steroid dienone is 4. The summed E-state index contributed by atoms with van der Waals surface area (Å²) in [4.78, 5) is 0. The van der Waals surface area contributed by atoms with Crippen LogP contribution in [0.3, 0.4) is 0 Å². The van der Waals surface area contributed by atoms with E-state index in [0.29, 0.717) is 11.3 Å².